The molecule has 0 aromatic carbocycles. The highest BCUT2D eigenvalue weighted by molar-refractivity contribution is 5.07. The Morgan fingerprint density at radius 1 is 1.35 bits per heavy atom. The zero-order valence-corrected chi connectivity index (χ0v) is 10.6. The first-order valence-electron chi connectivity index (χ1n) is 6.94. The van der Waals surface area contributed by atoms with Gasteiger partial charge in [-0.1, -0.05) is 12.5 Å². The summed E-state index contributed by atoms with van der Waals surface area (Å²) in [5, 5.41) is 3.54. The van der Waals surface area contributed by atoms with Crippen LogP contribution in [0.4, 0.5) is 0 Å². The molecule has 2 fully saturated rings. The van der Waals surface area contributed by atoms with Crippen LogP contribution in [0.15, 0.2) is 24.4 Å². The Bertz CT molecular complexity index is 362. The molecular formula is C15H22N2. The first-order chi connectivity index (χ1) is 8.36. The van der Waals surface area contributed by atoms with Crippen molar-refractivity contribution in [2.45, 2.75) is 38.1 Å². The van der Waals surface area contributed by atoms with E-state index in [2.05, 4.69) is 29.5 Å². The molecule has 0 aliphatic heterocycles. The van der Waals surface area contributed by atoms with Gasteiger partial charge in [-0.15, -0.1) is 0 Å². The second-order valence-electron chi connectivity index (χ2n) is 5.76. The average Bonchev–Trinajstić information content (AvgIpc) is 2.99. The van der Waals surface area contributed by atoms with Gasteiger partial charge in [-0.3, -0.25) is 4.98 Å². The lowest BCUT2D eigenvalue weighted by atomic mass is 9.81. The van der Waals surface area contributed by atoms with Crippen LogP contribution in [0.5, 0.6) is 0 Å². The first kappa shape index (κ1) is 11.2. The summed E-state index contributed by atoms with van der Waals surface area (Å²) in [5.41, 5.74) is 1.23. The van der Waals surface area contributed by atoms with E-state index in [-0.39, 0.29) is 0 Å². The summed E-state index contributed by atoms with van der Waals surface area (Å²) in [4.78, 5) is 4.46. The molecule has 92 valence electrons. The molecule has 2 saturated carbocycles. The number of hydrogen-bond acceptors (Lipinski definition) is 2. The molecule has 1 heterocycles. The highest BCUT2D eigenvalue weighted by atomic mass is 14.9. The fourth-order valence-electron chi connectivity index (χ4n) is 4.00. The van der Waals surface area contributed by atoms with E-state index < -0.39 is 0 Å². The van der Waals surface area contributed by atoms with Gasteiger partial charge < -0.3 is 5.32 Å². The molecule has 2 bridgehead atoms. The quantitative estimate of drug-likeness (QED) is 0.860. The van der Waals surface area contributed by atoms with Crippen LogP contribution >= 0.6 is 0 Å². The van der Waals surface area contributed by atoms with E-state index in [4.69, 9.17) is 0 Å². The van der Waals surface area contributed by atoms with Crippen molar-refractivity contribution < 1.29 is 0 Å². The lowest BCUT2D eigenvalue weighted by Gasteiger charge is -2.30. The number of hydrogen-bond donors (Lipinski definition) is 1. The molecule has 3 rings (SSSR count). The number of fused-ring (bicyclic) bond motifs is 2. The number of nitrogens with zero attached hydrogens (tertiary/aromatic N) is 1. The Balaban J connectivity index is 1.68. The van der Waals surface area contributed by atoms with Gasteiger partial charge in [0, 0.05) is 24.4 Å². The van der Waals surface area contributed by atoms with E-state index in [9.17, 15) is 0 Å². The van der Waals surface area contributed by atoms with E-state index in [1.165, 1.54) is 31.4 Å². The van der Waals surface area contributed by atoms with Crippen LogP contribution in [0.25, 0.3) is 0 Å². The highest BCUT2D eigenvalue weighted by Gasteiger charge is 2.42. The van der Waals surface area contributed by atoms with Crippen LogP contribution in [-0.4, -0.2) is 18.1 Å². The van der Waals surface area contributed by atoms with Crippen LogP contribution < -0.4 is 5.32 Å². The van der Waals surface area contributed by atoms with E-state index in [1.807, 2.05) is 12.3 Å². The van der Waals surface area contributed by atoms with Crippen molar-refractivity contribution in [2.75, 3.05) is 7.05 Å². The molecule has 17 heavy (non-hydrogen) atoms. The molecule has 4 atom stereocenters. The highest BCUT2D eigenvalue weighted by Crippen LogP contribution is 2.49. The number of nitrogens with one attached hydrogen (secondary N) is 1. The minimum absolute atomic E-state index is 0.625. The molecular weight excluding hydrogens is 208 g/mol. The van der Waals surface area contributed by atoms with E-state index in [0.717, 1.165) is 24.2 Å². The second kappa shape index (κ2) is 4.77. The topological polar surface area (TPSA) is 24.9 Å². The third kappa shape index (κ3) is 2.23. The van der Waals surface area contributed by atoms with Crippen molar-refractivity contribution >= 4 is 0 Å². The van der Waals surface area contributed by atoms with Crippen molar-refractivity contribution in [2.24, 2.45) is 17.8 Å². The third-order valence-corrected chi connectivity index (χ3v) is 4.84. The van der Waals surface area contributed by atoms with Crippen molar-refractivity contribution in [3.05, 3.63) is 30.1 Å². The largest absolute Gasteiger partial charge is 0.316 e. The van der Waals surface area contributed by atoms with E-state index >= 15 is 0 Å². The summed E-state index contributed by atoms with van der Waals surface area (Å²) < 4.78 is 0. The predicted octanol–water partition coefficient (Wildman–Crippen LogP) is 2.65. The van der Waals surface area contributed by atoms with Gasteiger partial charge in [-0.05, 0) is 56.2 Å². The summed E-state index contributed by atoms with van der Waals surface area (Å²) in [5.74, 6) is 2.91. The Morgan fingerprint density at radius 3 is 2.88 bits per heavy atom. The summed E-state index contributed by atoms with van der Waals surface area (Å²) in [7, 11) is 2.11. The molecule has 2 nitrogen and oxygen atoms in total. The van der Waals surface area contributed by atoms with Crippen molar-refractivity contribution in [1.82, 2.24) is 10.3 Å². The van der Waals surface area contributed by atoms with Crippen LogP contribution in [0.3, 0.4) is 0 Å². The van der Waals surface area contributed by atoms with Gasteiger partial charge in [-0.25, -0.2) is 0 Å². The zero-order valence-electron chi connectivity index (χ0n) is 10.6. The molecule has 0 spiro atoms. The van der Waals surface area contributed by atoms with Gasteiger partial charge >= 0.3 is 0 Å². The maximum absolute atomic E-state index is 4.46. The smallest absolute Gasteiger partial charge is 0.0419 e. The van der Waals surface area contributed by atoms with E-state index in [0.29, 0.717) is 6.04 Å². The maximum atomic E-state index is 4.46. The standard InChI is InChI=1S/C15H22N2/c1-16-15(10-13-4-2-3-7-17-13)14-9-11-5-6-12(14)8-11/h2-4,7,11-12,14-16H,5-6,8-10H2,1H3. The summed E-state index contributed by atoms with van der Waals surface area (Å²) >= 11 is 0. The molecule has 0 radical (unpaired) electrons. The first-order valence-corrected chi connectivity index (χ1v) is 6.94. The van der Waals surface area contributed by atoms with Crippen LogP contribution in [0.2, 0.25) is 0 Å². The Labute approximate surface area is 104 Å². The molecule has 1 N–H and O–H groups in total. The SMILES string of the molecule is CNC(Cc1ccccn1)C1CC2CCC1C2. The molecule has 0 amide bonds. The monoisotopic (exact) mass is 230 g/mol. The fourth-order valence-corrected chi connectivity index (χ4v) is 4.00. The molecule has 1 aromatic heterocycles. The lowest BCUT2D eigenvalue weighted by molar-refractivity contribution is 0.254. The Hall–Kier alpha value is -0.890. The minimum Gasteiger partial charge on any atom is -0.316 e. The summed E-state index contributed by atoms with van der Waals surface area (Å²) in [6, 6.07) is 6.86. The van der Waals surface area contributed by atoms with Gasteiger partial charge in [0.1, 0.15) is 0 Å². The number of rotatable bonds is 4. The number of aromatic nitrogens is 1. The lowest BCUT2D eigenvalue weighted by Crippen LogP contribution is -2.38. The Kier molecular flexibility index (Phi) is 3.15. The van der Waals surface area contributed by atoms with Crippen LogP contribution in [0, 0.1) is 17.8 Å². The molecule has 0 saturated heterocycles. The van der Waals surface area contributed by atoms with Gasteiger partial charge in [0.2, 0.25) is 0 Å². The predicted molar refractivity (Wildman–Crippen MR) is 69.7 cm³/mol. The van der Waals surface area contributed by atoms with E-state index in [1.54, 1.807) is 0 Å². The van der Waals surface area contributed by atoms with Crippen LogP contribution in [-0.2, 0) is 6.42 Å². The number of pyridine rings is 1. The molecule has 2 aliphatic carbocycles. The maximum Gasteiger partial charge on any atom is 0.0419 e. The molecule has 1 aromatic rings. The van der Waals surface area contributed by atoms with Gasteiger partial charge in [0.05, 0.1) is 0 Å². The van der Waals surface area contributed by atoms with Crippen molar-refractivity contribution in [3.8, 4) is 0 Å². The zero-order chi connectivity index (χ0) is 11.7. The van der Waals surface area contributed by atoms with Gasteiger partial charge in [0.15, 0.2) is 0 Å². The van der Waals surface area contributed by atoms with Crippen LogP contribution in [0.1, 0.15) is 31.4 Å². The molecule has 2 heteroatoms. The normalized spacial score (nSPS) is 32.9. The third-order valence-electron chi connectivity index (χ3n) is 4.84. The van der Waals surface area contributed by atoms with Gasteiger partial charge in [-0.2, -0.15) is 0 Å². The van der Waals surface area contributed by atoms with Crippen molar-refractivity contribution in [3.63, 3.8) is 0 Å². The minimum atomic E-state index is 0.625. The molecule has 4 unspecified atom stereocenters. The van der Waals surface area contributed by atoms with Gasteiger partial charge in [0.25, 0.3) is 0 Å². The average molecular weight is 230 g/mol. The summed E-state index contributed by atoms with van der Waals surface area (Å²) in [6.07, 6.45) is 8.89. The summed E-state index contributed by atoms with van der Waals surface area (Å²) in [6.45, 7) is 0. The van der Waals surface area contributed by atoms with Crippen molar-refractivity contribution in [1.29, 1.82) is 0 Å². The number of likely N-dealkylation sites (N-methyl/N-ethyl adjacent to an activating group) is 1. The molecule has 2 aliphatic rings. The second-order valence-corrected chi connectivity index (χ2v) is 5.76. The Morgan fingerprint density at radius 2 is 2.29 bits per heavy atom. The fraction of sp³-hybridized carbons (Fsp3) is 0.667.